The number of hydrogen-bond acceptors (Lipinski definition) is 2. The summed E-state index contributed by atoms with van der Waals surface area (Å²) in [5.41, 5.74) is 2.15. The maximum Gasteiger partial charge on any atom is 0.247 e. The number of carbonyl (C=O) groups excluding carboxylic acids is 1. The van der Waals surface area contributed by atoms with Crippen molar-refractivity contribution < 1.29 is 4.79 Å². The molecule has 0 atom stereocenters. The van der Waals surface area contributed by atoms with Crippen LogP contribution in [0.2, 0.25) is 0 Å². The van der Waals surface area contributed by atoms with E-state index in [-0.39, 0.29) is 5.91 Å². The Bertz CT molecular complexity index is 416. The van der Waals surface area contributed by atoms with Crippen LogP contribution < -0.4 is 5.32 Å². The third-order valence-electron chi connectivity index (χ3n) is 1.80. The normalized spacial score (nSPS) is 8.86. The van der Waals surface area contributed by atoms with E-state index in [1.165, 1.54) is 6.08 Å². The van der Waals surface area contributed by atoms with E-state index in [4.69, 9.17) is 5.26 Å². The van der Waals surface area contributed by atoms with Gasteiger partial charge in [0, 0.05) is 5.69 Å². The predicted molar refractivity (Wildman–Crippen MR) is 54.7 cm³/mol. The van der Waals surface area contributed by atoms with E-state index in [0.717, 1.165) is 5.56 Å². The van der Waals surface area contributed by atoms with Crippen LogP contribution >= 0.6 is 0 Å². The average molecular weight is 186 g/mol. The minimum Gasteiger partial charge on any atom is -0.322 e. The molecule has 0 spiro atoms. The summed E-state index contributed by atoms with van der Waals surface area (Å²) in [7, 11) is 0. The highest BCUT2D eigenvalue weighted by atomic mass is 16.1. The zero-order chi connectivity index (χ0) is 10.6. The smallest absolute Gasteiger partial charge is 0.247 e. The first-order valence-electron chi connectivity index (χ1n) is 4.11. The molecule has 1 aromatic carbocycles. The quantitative estimate of drug-likeness (QED) is 0.718. The number of benzene rings is 1. The van der Waals surface area contributed by atoms with Gasteiger partial charge < -0.3 is 5.32 Å². The van der Waals surface area contributed by atoms with Crippen molar-refractivity contribution in [3.05, 3.63) is 42.0 Å². The number of amides is 1. The van der Waals surface area contributed by atoms with Crippen molar-refractivity contribution in [2.24, 2.45) is 0 Å². The molecule has 0 aliphatic rings. The van der Waals surface area contributed by atoms with Crippen LogP contribution in [0.15, 0.2) is 30.9 Å². The van der Waals surface area contributed by atoms with Crippen molar-refractivity contribution in [1.82, 2.24) is 0 Å². The van der Waals surface area contributed by atoms with Crippen LogP contribution in [0.25, 0.3) is 0 Å². The van der Waals surface area contributed by atoms with Gasteiger partial charge in [0.25, 0.3) is 0 Å². The summed E-state index contributed by atoms with van der Waals surface area (Å²) >= 11 is 0. The SMILES string of the molecule is C=CC(=O)Nc1ccc(C#N)cc1C. The molecule has 0 aromatic heterocycles. The van der Waals surface area contributed by atoms with Gasteiger partial charge in [0.2, 0.25) is 5.91 Å². The topological polar surface area (TPSA) is 52.9 Å². The minimum atomic E-state index is -0.252. The summed E-state index contributed by atoms with van der Waals surface area (Å²) < 4.78 is 0. The zero-order valence-corrected chi connectivity index (χ0v) is 7.87. The Kier molecular flexibility index (Phi) is 3.03. The van der Waals surface area contributed by atoms with Crippen LogP contribution in [-0.2, 0) is 4.79 Å². The fraction of sp³-hybridized carbons (Fsp3) is 0.0909. The Morgan fingerprint density at radius 1 is 1.64 bits per heavy atom. The molecule has 0 heterocycles. The molecule has 0 aliphatic carbocycles. The highest BCUT2D eigenvalue weighted by Gasteiger charge is 2.01. The average Bonchev–Trinajstić information content (AvgIpc) is 2.20. The van der Waals surface area contributed by atoms with Crippen LogP contribution in [0.3, 0.4) is 0 Å². The Labute approximate surface area is 82.7 Å². The van der Waals surface area contributed by atoms with E-state index in [2.05, 4.69) is 11.9 Å². The lowest BCUT2D eigenvalue weighted by Gasteiger charge is -2.05. The molecular formula is C11H10N2O. The number of aryl methyl sites for hydroxylation is 1. The molecule has 1 rings (SSSR count). The van der Waals surface area contributed by atoms with Gasteiger partial charge in [0.05, 0.1) is 11.6 Å². The summed E-state index contributed by atoms with van der Waals surface area (Å²) in [5.74, 6) is -0.252. The minimum absolute atomic E-state index is 0.252. The maximum absolute atomic E-state index is 11.0. The molecular weight excluding hydrogens is 176 g/mol. The van der Waals surface area contributed by atoms with Crippen molar-refractivity contribution in [3.8, 4) is 6.07 Å². The lowest BCUT2D eigenvalue weighted by atomic mass is 10.1. The van der Waals surface area contributed by atoms with E-state index in [1.54, 1.807) is 18.2 Å². The van der Waals surface area contributed by atoms with Crippen LogP contribution in [0, 0.1) is 18.3 Å². The summed E-state index contributed by atoms with van der Waals surface area (Å²) in [4.78, 5) is 11.0. The Hall–Kier alpha value is -2.08. The molecule has 14 heavy (non-hydrogen) atoms. The number of hydrogen-bond donors (Lipinski definition) is 1. The maximum atomic E-state index is 11.0. The number of nitrogens with zero attached hydrogens (tertiary/aromatic N) is 1. The number of rotatable bonds is 2. The molecule has 0 fully saturated rings. The molecule has 0 saturated heterocycles. The zero-order valence-electron chi connectivity index (χ0n) is 7.87. The van der Waals surface area contributed by atoms with E-state index >= 15 is 0 Å². The number of anilines is 1. The first-order valence-corrected chi connectivity index (χ1v) is 4.11. The monoisotopic (exact) mass is 186 g/mol. The van der Waals surface area contributed by atoms with Crippen LogP contribution in [0.5, 0.6) is 0 Å². The lowest BCUT2D eigenvalue weighted by molar-refractivity contribution is -0.111. The summed E-state index contributed by atoms with van der Waals surface area (Å²) in [6, 6.07) is 7.11. The van der Waals surface area contributed by atoms with Crippen molar-refractivity contribution in [1.29, 1.82) is 5.26 Å². The molecule has 0 aliphatic heterocycles. The number of nitriles is 1. The second kappa shape index (κ2) is 4.24. The van der Waals surface area contributed by atoms with Crippen molar-refractivity contribution >= 4 is 11.6 Å². The second-order valence-corrected chi connectivity index (χ2v) is 2.83. The molecule has 70 valence electrons. The van der Waals surface area contributed by atoms with Gasteiger partial charge in [-0.1, -0.05) is 6.58 Å². The molecule has 1 amide bonds. The molecule has 0 saturated carbocycles. The van der Waals surface area contributed by atoms with E-state index < -0.39 is 0 Å². The standard InChI is InChI=1S/C11H10N2O/c1-3-11(14)13-10-5-4-9(7-12)6-8(10)2/h3-6H,1H2,2H3,(H,13,14). The molecule has 1 N–H and O–H groups in total. The van der Waals surface area contributed by atoms with E-state index in [0.29, 0.717) is 11.3 Å². The first kappa shape index (κ1) is 10.0. The Morgan fingerprint density at radius 3 is 2.86 bits per heavy atom. The fourth-order valence-corrected chi connectivity index (χ4v) is 1.06. The molecule has 3 nitrogen and oxygen atoms in total. The van der Waals surface area contributed by atoms with Crippen molar-refractivity contribution in [2.75, 3.05) is 5.32 Å². The van der Waals surface area contributed by atoms with Gasteiger partial charge in [-0.05, 0) is 36.8 Å². The van der Waals surface area contributed by atoms with E-state index in [1.807, 2.05) is 13.0 Å². The van der Waals surface area contributed by atoms with Crippen molar-refractivity contribution in [2.45, 2.75) is 6.92 Å². The predicted octanol–water partition coefficient (Wildman–Crippen LogP) is 1.99. The van der Waals surface area contributed by atoms with Gasteiger partial charge in [-0.15, -0.1) is 0 Å². The second-order valence-electron chi connectivity index (χ2n) is 2.83. The van der Waals surface area contributed by atoms with Gasteiger partial charge >= 0.3 is 0 Å². The number of carbonyl (C=O) groups is 1. The van der Waals surface area contributed by atoms with Crippen LogP contribution in [0.1, 0.15) is 11.1 Å². The van der Waals surface area contributed by atoms with Gasteiger partial charge in [0.1, 0.15) is 0 Å². The first-order chi connectivity index (χ1) is 6.67. The van der Waals surface area contributed by atoms with Gasteiger partial charge in [-0.2, -0.15) is 5.26 Å². The third-order valence-corrected chi connectivity index (χ3v) is 1.80. The van der Waals surface area contributed by atoms with Crippen LogP contribution in [0.4, 0.5) is 5.69 Å². The summed E-state index contributed by atoms with van der Waals surface area (Å²) in [5, 5.41) is 11.3. The van der Waals surface area contributed by atoms with Gasteiger partial charge in [-0.3, -0.25) is 4.79 Å². The number of nitrogens with one attached hydrogen (secondary N) is 1. The highest BCUT2D eigenvalue weighted by Crippen LogP contribution is 2.15. The molecule has 3 heteroatoms. The molecule has 0 radical (unpaired) electrons. The summed E-state index contributed by atoms with van der Waals surface area (Å²) in [6.07, 6.45) is 1.21. The fourth-order valence-electron chi connectivity index (χ4n) is 1.06. The van der Waals surface area contributed by atoms with Gasteiger partial charge in [-0.25, -0.2) is 0 Å². The Morgan fingerprint density at radius 2 is 2.36 bits per heavy atom. The summed E-state index contributed by atoms with van der Waals surface area (Å²) in [6.45, 7) is 5.19. The molecule has 1 aromatic rings. The van der Waals surface area contributed by atoms with Gasteiger partial charge in [0.15, 0.2) is 0 Å². The molecule has 0 unspecified atom stereocenters. The third kappa shape index (κ3) is 2.20. The lowest BCUT2D eigenvalue weighted by Crippen LogP contribution is -2.08. The van der Waals surface area contributed by atoms with Crippen LogP contribution in [-0.4, -0.2) is 5.91 Å². The Balaban J connectivity index is 2.96. The molecule has 0 bridgehead atoms. The van der Waals surface area contributed by atoms with Crippen molar-refractivity contribution in [3.63, 3.8) is 0 Å². The van der Waals surface area contributed by atoms with E-state index in [9.17, 15) is 4.79 Å². The largest absolute Gasteiger partial charge is 0.322 e. The highest BCUT2D eigenvalue weighted by molar-refractivity contribution is 5.99.